The molecule has 2 aliphatic rings. The van der Waals surface area contributed by atoms with Crippen LogP contribution in [0.25, 0.3) is 0 Å². The number of hydrogen-bond acceptors (Lipinski definition) is 5. The van der Waals surface area contributed by atoms with Crippen LogP contribution < -0.4 is 5.73 Å². The number of thioether (sulfide) groups is 1. The number of amidine groups is 1. The Hall–Kier alpha value is -2.01. The third-order valence-corrected chi connectivity index (χ3v) is 5.58. The summed E-state index contributed by atoms with van der Waals surface area (Å²) in [5.41, 5.74) is 8.95. The van der Waals surface area contributed by atoms with E-state index in [2.05, 4.69) is 30.3 Å². The minimum absolute atomic E-state index is 0.128. The number of rotatable bonds is 5. The van der Waals surface area contributed by atoms with Crippen molar-refractivity contribution in [1.82, 2.24) is 0 Å². The van der Waals surface area contributed by atoms with Crippen molar-refractivity contribution in [2.45, 2.75) is 38.8 Å². The quantitative estimate of drug-likeness (QED) is 0.633. The van der Waals surface area contributed by atoms with Crippen molar-refractivity contribution in [2.24, 2.45) is 21.8 Å². The van der Waals surface area contributed by atoms with Gasteiger partial charge >= 0.3 is 0 Å². The van der Waals surface area contributed by atoms with Crippen LogP contribution in [0.4, 0.5) is 0 Å². The number of allylic oxidation sites excluding steroid dienone is 3. The summed E-state index contributed by atoms with van der Waals surface area (Å²) in [4.78, 5) is 10.3. The first-order chi connectivity index (χ1) is 12.1. The summed E-state index contributed by atoms with van der Waals surface area (Å²) in [6.45, 7) is 4.67. The summed E-state index contributed by atoms with van der Waals surface area (Å²) in [7, 11) is 0. The molecule has 2 unspecified atom stereocenters. The molecule has 2 atom stereocenters. The molecule has 0 aromatic heterocycles. The molecule has 132 valence electrons. The molecule has 2 N–H and O–H groups in total. The molecular weight excluding hydrogens is 330 g/mol. The summed E-state index contributed by atoms with van der Waals surface area (Å²) >= 11 is 1.65. The van der Waals surface area contributed by atoms with E-state index in [1.54, 1.807) is 11.8 Å². The second-order valence-electron chi connectivity index (χ2n) is 6.71. The Morgan fingerprint density at radius 1 is 1.40 bits per heavy atom. The van der Waals surface area contributed by atoms with E-state index in [0.29, 0.717) is 17.7 Å². The molecule has 1 aromatic carbocycles. The fourth-order valence-corrected chi connectivity index (χ4v) is 4.16. The van der Waals surface area contributed by atoms with E-state index < -0.39 is 0 Å². The van der Waals surface area contributed by atoms with Crippen LogP contribution in [0, 0.1) is 5.92 Å². The SMILES string of the molecule is C/C(=N\OCc1ccccc1)C1=CC(C2(C)CCSC(N)=N2)CC=C1. The molecule has 25 heavy (non-hydrogen) atoms. The molecule has 1 heterocycles. The molecule has 0 bridgehead atoms. The zero-order valence-electron chi connectivity index (χ0n) is 14.8. The van der Waals surface area contributed by atoms with Crippen LogP contribution in [-0.2, 0) is 11.4 Å². The van der Waals surface area contributed by atoms with Crippen molar-refractivity contribution >= 4 is 22.6 Å². The summed E-state index contributed by atoms with van der Waals surface area (Å²) in [5.74, 6) is 1.37. The Labute approximate surface area is 153 Å². The highest BCUT2D eigenvalue weighted by molar-refractivity contribution is 8.13. The lowest BCUT2D eigenvalue weighted by molar-refractivity contribution is 0.130. The standard InChI is InChI=1S/C20H25N3OS/c1-15(23-24-14-16-7-4-3-5-8-16)17-9-6-10-18(13-17)20(2)11-12-25-19(21)22-20/h3-9,13,18H,10-12,14H2,1-2H3,(H2,21,22)/b23-15+. The molecule has 0 radical (unpaired) electrons. The second kappa shape index (κ2) is 7.91. The van der Waals surface area contributed by atoms with Gasteiger partial charge in [-0.25, -0.2) is 0 Å². The van der Waals surface area contributed by atoms with E-state index in [1.807, 2.05) is 37.3 Å². The lowest BCUT2D eigenvalue weighted by Gasteiger charge is -2.36. The normalized spacial score (nSPS) is 26.8. The van der Waals surface area contributed by atoms with Crippen LogP contribution in [-0.4, -0.2) is 22.2 Å². The Bertz CT molecular complexity index is 724. The summed E-state index contributed by atoms with van der Waals surface area (Å²) in [5, 5.41) is 5.00. The number of nitrogens with zero attached hydrogens (tertiary/aromatic N) is 2. The molecule has 1 aliphatic carbocycles. The van der Waals surface area contributed by atoms with Crippen molar-refractivity contribution in [3.8, 4) is 0 Å². The first-order valence-corrected chi connectivity index (χ1v) is 9.63. The van der Waals surface area contributed by atoms with Gasteiger partial charge in [-0.1, -0.05) is 65.5 Å². The van der Waals surface area contributed by atoms with Crippen LogP contribution in [0.15, 0.2) is 64.3 Å². The van der Waals surface area contributed by atoms with E-state index in [-0.39, 0.29) is 5.54 Å². The maximum absolute atomic E-state index is 5.96. The monoisotopic (exact) mass is 355 g/mol. The van der Waals surface area contributed by atoms with Crippen molar-refractivity contribution in [2.75, 3.05) is 5.75 Å². The maximum Gasteiger partial charge on any atom is 0.154 e. The van der Waals surface area contributed by atoms with Crippen LogP contribution in [0.3, 0.4) is 0 Å². The average Bonchev–Trinajstić information content (AvgIpc) is 2.62. The molecule has 5 heteroatoms. The van der Waals surface area contributed by atoms with Gasteiger partial charge in [0.1, 0.15) is 6.61 Å². The highest BCUT2D eigenvalue weighted by Gasteiger charge is 2.35. The maximum atomic E-state index is 5.96. The molecule has 0 saturated carbocycles. The molecule has 1 aliphatic heterocycles. The van der Waals surface area contributed by atoms with Gasteiger partial charge in [-0.2, -0.15) is 0 Å². The summed E-state index contributed by atoms with van der Waals surface area (Å²) in [6, 6.07) is 10.1. The number of aliphatic imine (C=N–C) groups is 1. The second-order valence-corrected chi connectivity index (χ2v) is 7.82. The molecule has 1 aromatic rings. The summed E-state index contributed by atoms with van der Waals surface area (Å²) < 4.78 is 0. The average molecular weight is 356 g/mol. The van der Waals surface area contributed by atoms with E-state index in [9.17, 15) is 0 Å². The number of oxime groups is 1. The Kier molecular flexibility index (Phi) is 5.63. The third-order valence-electron chi connectivity index (χ3n) is 4.78. The topological polar surface area (TPSA) is 60.0 Å². The Morgan fingerprint density at radius 2 is 2.20 bits per heavy atom. The minimum Gasteiger partial charge on any atom is -0.391 e. The van der Waals surface area contributed by atoms with Crippen molar-refractivity contribution < 1.29 is 4.84 Å². The van der Waals surface area contributed by atoms with Crippen molar-refractivity contribution in [1.29, 1.82) is 0 Å². The smallest absolute Gasteiger partial charge is 0.154 e. The highest BCUT2D eigenvalue weighted by atomic mass is 32.2. The van der Waals surface area contributed by atoms with Gasteiger partial charge in [0, 0.05) is 11.7 Å². The molecule has 0 amide bonds. The molecular formula is C20H25N3OS. The number of benzene rings is 1. The van der Waals surface area contributed by atoms with E-state index in [1.165, 1.54) is 0 Å². The molecule has 3 rings (SSSR count). The van der Waals surface area contributed by atoms with Gasteiger partial charge in [0.15, 0.2) is 5.17 Å². The van der Waals surface area contributed by atoms with Gasteiger partial charge in [-0.15, -0.1) is 0 Å². The fraction of sp³-hybridized carbons (Fsp3) is 0.400. The molecule has 4 nitrogen and oxygen atoms in total. The van der Waals surface area contributed by atoms with Gasteiger partial charge < -0.3 is 10.6 Å². The first-order valence-electron chi connectivity index (χ1n) is 8.64. The molecule has 0 spiro atoms. The Balaban J connectivity index is 1.68. The van der Waals surface area contributed by atoms with Gasteiger partial charge in [0.25, 0.3) is 0 Å². The molecule has 0 saturated heterocycles. The van der Waals surface area contributed by atoms with E-state index >= 15 is 0 Å². The Morgan fingerprint density at radius 3 is 2.96 bits per heavy atom. The van der Waals surface area contributed by atoms with Crippen LogP contribution in [0.5, 0.6) is 0 Å². The number of nitrogens with two attached hydrogens (primary N) is 1. The van der Waals surface area contributed by atoms with Gasteiger partial charge in [0.2, 0.25) is 0 Å². The fourth-order valence-electron chi connectivity index (χ4n) is 3.16. The first kappa shape index (κ1) is 17.8. The largest absolute Gasteiger partial charge is 0.391 e. The summed E-state index contributed by atoms with van der Waals surface area (Å²) in [6.07, 6.45) is 8.63. The van der Waals surface area contributed by atoms with Gasteiger partial charge in [-0.05, 0) is 37.8 Å². The van der Waals surface area contributed by atoms with Crippen LogP contribution >= 0.6 is 11.8 Å². The van der Waals surface area contributed by atoms with Crippen LogP contribution in [0.1, 0.15) is 32.3 Å². The third kappa shape index (κ3) is 4.54. The predicted molar refractivity (Wildman–Crippen MR) is 107 cm³/mol. The predicted octanol–water partition coefficient (Wildman–Crippen LogP) is 4.29. The minimum atomic E-state index is -0.128. The molecule has 0 fully saturated rings. The zero-order chi connectivity index (χ0) is 17.7. The zero-order valence-corrected chi connectivity index (χ0v) is 15.6. The van der Waals surface area contributed by atoms with Gasteiger partial charge in [-0.3, -0.25) is 4.99 Å². The van der Waals surface area contributed by atoms with Crippen molar-refractivity contribution in [3.63, 3.8) is 0 Å². The highest BCUT2D eigenvalue weighted by Crippen LogP contribution is 2.37. The van der Waals surface area contributed by atoms with Crippen LogP contribution in [0.2, 0.25) is 0 Å². The van der Waals surface area contributed by atoms with E-state index in [0.717, 1.165) is 35.4 Å². The lowest BCUT2D eigenvalue weighted by atomic mass is 9.78. The van der Waals surface area contributed by atoms with Crippen molar-refractivity contribution in [3.05, 3.63) is 59.7 Å². The number of hydrogen-bond donors (Lipinski definition) is 1. The lowest BCUT2D eigenvalue weighted by Crippen LogP contribution is -2.38. The van der Waals surface area contributed by atoms with E-state index in [4.69, 9.17) is 15.6 Å². The van der Waals surface area contributed by atoms with Gasteiger partial charge in [0.05, 0.1) is 11.3 Å².